The van der Waals surface area contributed by atoms with Crippen molar-refractivity contribution in [1.29, 1.82) is 0 Å². The van der Waals surface area contributed by atoms with Gasteiger partial charge >= 0.3 is 0 Å². The van der Waals surface area contributed by atoms with Gasteiger partial charge in [-0.25, -0.2) is 4.98 Å². The second kappa shape index (κ2) is 5.80. The highest BCUT2D eigenvalue weighted by atomic mass is 35.5. The fraction of sp³-hybridized carbons (Fsp3) is 0.700. The van der Waals surface area contributed by atoms with Crippen molar-refractivity contribution in [3.05, 3.63) is 16.1 Å². The van der Waals surface area contributed by atoms with E-state index >= 15 is 0 Å². The van der Waals surface area contributed by atoms with Gasteiger partial charge in [-0.1, -0.05) is 0 Å². The van der Waals surface area contributed by atoms with Crippen LogP contribution < -0.4 is 5.73 Å². The van der Waals surface area contributed by atoms with Crippen LogP contribution in [0.5, 0.6) is 0 Å². The minimum absolute atomic E-state index is 0. The zero-order valence-electron chi connectivity index (χ0n) is 8.98. The lowest BCUT2D eigenvalue weighted by atomic mass is 10.2. The molecule has 86 valence electrons. The van der Waals surface area contributed by atoms with Crippen molar-refractivity contribution in [1.82, 2.24) is 9.88 Å². The number of nitrogens with zero attached hydrogens (tertiary/aromatic N) is 2. The van der Waals surface area contributed by atoms with E-state index in [1.807, 2.05) is 0 Å². The molecule has 1 fully saturated rings. The summed E-state index contributed by atoms with van der Waals surface area (Å²) in [5.41, 5.74) is 6.93. The number of rotatable bonds is 3. The van der Waals surface area contributed by atoms with E-state index in [1.165, 1.54) is 25.1 Å². The van der Waals surface area contributed by atoms with Crippen molar-refractivity contribution in [3.63, 3.8) is 0 Å². The predicted octanol–water partition coefficient (Wildman–Crippen LogP) is 1.80. The van der Waals surface area contributed by atoms with Gasteiger partial charge in [-0.2, -0.15) is 0 Å². The van der Waals surface area contributed by atoms with Crippen LogP contribution in [-0.4, -0.2) is 29.0 Å². The molecule has 5 heteroatoms. The molecule has 2 N–H and O–H groups in total. The lowest BCUT2D eigenvalue weighted by molar-refractivity contribution is 0.248. The Labute approximate surface area is 101 Å². The summed E-state index contributed by atoms with van der Waals surface area (Å²) in [7, 11) is 0. The molecule has 2 heterocycles. The van der Waals surface area contributed by atoms with Crippen molar-refractivity contribution in [2.45, 2.75) is 32.4 Å². The van der Waals surface area contributed by atoms with Gasteiger partial charge in [0.2, 0.25) is 0 Å². The number of aryl methyl sites for hydroxylation is 1. The number of likely N-dealkylation sites (tertiary alicyclic amines) is 1. The highest BCUT2D eigenvalue weighted by Gasteiger charge is 2.23. The molecule has 1 aromatic heterocycles. The van der Waals surface area contributed by atoms with Gasteiger partial charge < -0.3 is 5.73 Å². The van der Waals surface area contributed by atoms with Crippen LogP contribution >= 0.6 is 23.7 Å². The molecule has 1 aliphatic rings. The first kappa shape index (κ1) is 12.9. The molecular weight excluding hydrogens is 230 g/mol. The monoisotopic (exact) mass is 247 g/mol. The molecule has 2 rings (SSSR count). The van der Waals surface area contributed by atoms with E-state index < -0.39 is 0 Å². The third kappa shape index (κ3) is 3.14. The number of halogens is 1. The van der Waals surface area contributed by atoms with Crippen LogP contribution in [0.15, 0.2) is 5.38 Å². The average molecular weight is 248 g/mol. The Balaban J connectivity index is 0.00000112. The van der Waals surface area contributed by atoms with Crippen LogP contribution in [-0.2, 0) is 6.54 Å². The average Bonchev–Trinajstić information content (AvgIpc) is 2.76. The molecule has 1 aromatic rings. The maximum Gasteiger partial charge on any atom is 0.0897 e. The predicted molar refractivity (Wildman–Crippen MR) is 66.6 cm³/mol. The molecule has 0 bridgehead atoms. The van der Waals surface area contributed by atoms with Gasteiger partial charge in [0.25, 0.3) is 0 Å². The molecule has 1 atom stereocenters. The largest absolute Gasteiger partial charge is 0.329 e. The number of hydrogen-bond acceptors (Lipinski definition) is 4. The molecule has 0 aliphatic carbocycles. The van der Waals surface area contributed by atoms with Gasteiger partial charge in [0.15, 0.2) is 0 Å². The van der Waals surface area contributed by atoms with Crippen molar-refractivity contribution < 1.29 is 0 Å². The van der Waals surface area contributed by atoms with Crippen LogP contribution in [0.1, 0.15) is 23.5 Å². The topological polar surface area (TPSA) is 42.2 Å². The first-order chi connectivity index (χ1) is 6.79. The number of thiazole rings is 1. The summed E-state index contributed by atoms with van der Waals surface area (Å²) in [6, 6.07) is 0.581. The zero-order chi connectivity index (χ0) is 9.97. The van der Waals surface area contributed by atoms with Gasteiger partial charge in [0.05, 0.1) is 10.7 Å². The second-order valence-electron chi connectivity index (χ2n) is 3.86. The fourth-order valence-corrected chi connectivity index (χ4v) is 2.66. The highest BCUT2D eigenvalue weighted by molar-refractivity contribution is 7.09. The summed E-state index contributed by atoms with van der Waals surface area (Å²) >= 11 is 1.73. The smallest absolute Gasteiger partial charge is 0.0897 e. The Morgan fingerprint density at radius 2 is 2.47 bits per heavy atom. The third-order valence-corrected chi connectivity index (χ3v) is 3.63. The van der Waals surface area contributed by atoms with Gasteiger partial charge in [0, 0.05) is 24.5 Å². The van der Waals surface area contributed by atoms with Gasteiger partial charge in [-0.05, 0) is 26.3 Å². The fourth-order valence-electron chi connectivity index (χ4n) is 2.06. The lowest BCUT2D eigenvalue weighted by Crippen LogP contribution is -2.34. The van der Waals surface area contributed by atoms with E-state index in [4.69, 9.17) is 5.73 Å². The molecule has 1 aliphatic heterocycles. The molecule has 3 nitrogen and oxygen atoms in total. The van der Waals surface area contributed by atoms with E-state index in [9.17, 15) is 0 Å². The van der Waals surface area contributed by atoms with Gasteiger partial charge in [-0.3, -0.25) is 4.90 Å². The number of nitrogens with two attached hydrogens (primary N) is 1. The van der Waals surface area contributed by atoms with E-state index in [0.717, 1.165) is 18.1 Å². The minimum Gasteiger partial charge on any atom is -0.329 e. The minimum atomic E-state index is 0. The molecule has 0 aromatic carbocycles. The van der Waals surface area contributed by atoms with Gasteiger partial charge in [-0.15, -0.1) is 23.7 Å². The van der Waals surface area contributed by atoms with Crippen molar-refractivity contribution in [3.8, 4) is 0 Å². The maximum atomic E-state index is 5.72. The Morgan fingerprint density at radius 3 is 3.07 bits per heavy atom. The molecule has 0 spiro atoms. The Morgan fingerprint density at radius 1 is 1.67 bits per heavy atom. The molecule has 0 radical (unpaired) electrons. The van der Waals surface area contributed by atoms with Crippen molar-refractivity contribution in [2.24, 2.45) is 5.73 Å². The summed E-state index contributed by atoms with van der Waals surface area (Å²) in [4.78, 5) is 6.93. The van der Waals surface area contributed by atoms with Crippen LogP contribution in [0.2, 0.25) is 0 Å². The quantitative estimate of drug-likeness (QED) is 0.886. The molecule has 0 saturated carbocycles. The highest BCUT2D eigenvalue weighted by Crippen LogP contribution is 2.19. The van der Waals surface area contributed by atoms with Crippen molar-refractivity contribution >= 4 is 23.7 Å². The molecular formula is C10H18ClN3S. The van der Waals surface area contributed by atoms with E-state index in [1.54, 1.807) is 11.3 Å². The zero-order valence-corrected chi connectivity index (χ0v) is 10.6. The van der Waals surface area contributed by atoms with Crippen LogP contribution in [0, 0.1) is 6.92 Å². The third-order valence-electron chi connectivity index (χ3n) is 2.80. The standard InChI is InChI=1S/C10H17N3S.ClH/c1-8-12-9(7-14-8)6-13-4-2-3-10(13)5-11;/h7,10H,2-6,11H2,1H3;1H. The van der Waals surface area contributed by atoms with Crippen LogP contribution in [0.4, 0.5) is 0 Å². The number of aromatic nitrogens is 1. The normalized spacial score (nSPS) is 21.6. The summed E-state index contributed by atoms with van der Waals surface area (Å²) in [5.74, 6) is 0. The van der Waals surface area contributed by atoms with E-state index in [-0.39, 0.29) is 12.4 Å². The van der Waals surface area contributed by atoms with Crippen LogP contribution in [0.25, 0.3) is 0 Å². The molecule has 15 heavy (non-hydrogen) atoms. The summed E-state index contributed by atoms with van der Waals surface area (Å²) in [6.07, 6.45) is 2.53. The first-order valence-electron chi connectivity index (χ1n) is 5.14. The summed E-state index contributed by atoms with van der Waals surface area (Å²) in [5, 5.41) is 3.31. The SMILES string of the molecule is Cc1nc(CN2CCCC2CN)cs1.Cl. The van der Waals surface area contributed by atoms with Gasteiger partial charge in [0.1, 0.15) is 0 Å². The Kier molecular flexibility index (Phi) is 4.99. The Hall–Kier alpha value is -0.160. The summed E-state index contributed by atoms with van der Waals surface area (Å²) in [6.45, 7) is 4.99. The summed E-state index contributed by atoms with van der Waals surface area (Å²) < 4.78 is 0. The van der Waals surface area contributed by atoms with E-state index in [2.05, 4.69) is 22.2 Å². The molecule has 0 amide bonds. The first-order valence-corrected chi connectivity index (χ1v) is 6.02. The molecule has 1 saturated heterocycles. The van der Waals surface area contributed by atoms with E-state index in [0.29, 0.717) is 6.04 Å². The lowest BCUT2D eigenvalue weighted by Gasteiger charge is -2.21. The maximum absolute atomic E-state index is 5.72. The Bertz CT molecular complexity index is 303. The van der Waals surface area contributed by atoms with Crippen LogP contribution in [0.3, 0.4) is 0 Å². The number of hydrogen-bond donors (Lipinski definition) is 1. The molecule has 1 unspecified atom stereocenters. The van der Waals surface area contributed by atoms with Crippen molar-refractivity contribution in [2.75, 3.05) is 13.1 Å². The second-order valence-corrected chi connectivity index (χ2v) is 4.92.